The van der Waals surface area contributed by atoms with Crippen molar-refractivity contribution in [3.8, 4) is 0 Å². The number of likely N-dealkylation sites (tertiary alicyclic amines) is 1. The second-order valence-electron chi connectivity index (χ2n) is 6.36. The minimum Gasteiger partial charge on any atom is -0.329 e. The SMILES string of the molecule is CN(C)C1CCN(C(C)(CN)Cc2ccc(F)cc2)C1. The molecule has 2 N–H and O–H groups in total. The van der Waals surface area contributed by atoms with Crippen LogP contribution in [0, 0.1) is 5.82 Å². The van der Waals surface area contributed by atoms with E-state index in [0.29, 0.717) is 12.6 Å². The highest BCUT2D eigenvalue weighted by molar-refractivity contribution is 5.19. The molecule has 2 rings (SSSR count). The van der Waals surface area contributed by atoms with Gasteiger partial charge in [0.05, 0.1) is 0 Å². The number of likely N-dealkylation sites (N-methyl/N-ethyl adjacent to an activating group) is 1. The Labute approximate surface area is 121 Å². The van der Waals surface area contributed by atoms with Crippen LogP contribution in [-0.4, -0.2) is 55.1 Å². The fraction of sp³-hybridized carbons (Fsp3) is 0.625. The Kier molecular flexibility index (Phi) is 4.78. The van der Waals surface area contributed by atoms with Crippen molar-refractivity contribution in [2.24, 2.45) is 5.73 Å². The van der Waals surface area contributed by atoms with E-state index in [2.05, 4.69) is 30.8 Å². The Morgan fingerprint density at radius 1 is 1.35 bits per heavy atom. The fourth-order valence-electron chi connectivity index (χ4n) is 3.01. The first-order chi connectivity index (χ1) is 9.44. The van der Waals surface area contributed by atoms with Crippen molar-refractivity contribution in [2.45, 2.75) is 31.3 Å². The average Bonchev–Trinajstić information content (AvgIpc) is 2.92. The normalized spacial score (nSPS) is 23.2. The predicted molar refractivity (Wildman–Crippen MR) is 81.2 cm³/mol. The molecule has 20 heavy (non-hydrogen) atoms. The van der Waals surface area contributed by atoms with Crippen LogP contribution in [-0.2, 0) is 6.42 Å². The molecule has 0 aliphatic carbocycles. The van der Waals surface area contributed by atoms with E-state index in [0.717, 1.165) is 25.1 Å². The third-order valence-corrected chi connectivity index (χ3v) is 4.60. The number of nitrogens with two attached hydrogens (primary N) is 1. The first-order valence-electron chi connectivity index (χ1n) is 7.30. The van der Waals surface area contributed by atoms with Gasteiger partial charge in [0.1, 0.15) is 5.82 Å². The van der Waals surface area contributed by atoms with E-state index in [1.807, 2.05) is 12.1 Å². The van der Waals surface area contributed by atoms with Crippen molar-refractivity contribution in [1.82, 2.24) is 9.80 Å². The molecule has 0 amide bonds. The molecular formula is C16H26FN3. The van der Waals surface area contributed by atoms with E-state index in [1.54, 1.807) is 0 Å². The Hall–Kier alpha value is -0.970. The topological polar surface area (TPSA) is 32.5 Å². The molecule has 0 bridgehead atoms. The highest BCUT2D eigenvalue weighted by Gasteiger charge is 2.36. The van der Waals surface area contributed by atoms with Gasteiger partial charge in [-0.1, -0.05) is 12.1 Å². The summed E-state index contributed by atoms with van der Waals surface area (Å²) in [5.74, 6) is -0.183. The molecule has 3 nitrogen and oxygen atoms in total. The summed E-state index contributed by atoms with van der Waals surface area (Å²) in [4.78, 5) is 4.77. The number of nitrogens with zero attached hydrogens (tertiary/aromatic N) is 2. The molecule has 0 saturated carbocycles. The van der Waals surface area contributed by atoms with Gasteiger partial charge in [0, 0.05) is 31.2 Å². The van der Waals surface area contributed by atoms with Crippen LogP contribution in [0.25, 0.3) is 0 Å². The quantitative estimate of drug-likeness (QED) is 0.891. The molecule has 0 aromatic heterocycles. The predicted octanol–water partition coefficient (Wildman–Crippen LogP) is 1.72. The molecule has 1 heterocycles. The van der Waals surface area contributed by atoms with Gasteiger partial charge in [-0.05, 0) is 51.6 Å². The van der Waals surface area contributed by atoms with Crippen molar-refractivity contribution >= 4 is 0 Å². The molecule has 1 aromatic carbocycles. The summed E-state index contributed by atoms with van der Waals surface area (Å²) in [6, 6.07) is 7.39. The van der Waals surface area contributed by atoms with E-state index in [-0.39, 0.29) is 11.4 Å². The highest BCUT2D eigenvalue weighted by atomic mass is 19.1. The lowest BCUT2D eigenvalue weighted by Gasteiger charge is -2.38. The zero-order valence-electron chi connectivity index (χ0n) is 12.8. The van der Waals surface area contributed by atoms with Crippen molar-refractivity contribution in [2.75, 3.05) is 33.7 Å². The molecule has 1 aliphatic heterocycles. The van der Waals surface area contributed by atoms with Crippen molar-refractivity contribution in [1.29, 1.82) is 0 Å². The maximum Gasteiger partial charge on any atom is 0.123 e. The zero-order valence-corrected chi connectivity index (χ0v) is 12.8. The number of hydrogen-bond acceptors (Lipinski definition) is 3. The lowest BCUT2D eigenvalue weighted by molar-refractivity contribution is 0.131. The lowest BCUT2D eigenvalue weighted by Crippen LogP contribution is -2.53. The smallest absolute Gasteiger partial charge is 0.123 e. The molecule has 1 saturated heterocycles. The van der Waals surface area contributed by atoms with Gasteiger partial charge >= 0.3 is 0 Å². The van der Waals surface area contributed by atoms with Gasteiger partial charge in [0.15, 0.2) is 0 Å². The molecule has 2 unspecified atom stereocenters. The number of benzene rings is 1. The zero-order chi connectivity index (χ0) is 14.8. The van der Waals surface area contributed by atoms with Crippen LogP contribution in [0.15, 0.2) is 24.3 Å². The van der Waals surface area contributed by atoms with Crippen LogP contribution in [0.3, 0.4) is 0 Å². The number of halogens is 1. The molecule has 4 heteroatoms. The summed E-state index contributed by atoms with van der Waals surface area (Å²) in [5, 5.41) is 0. The molecule has 1 aromatic rings. The monoisotopic (exact) mass is 279 g/mol. The largest absolute Gasteiger partial charge is 0.329 e. The van der Waals surface area contributed by atoms with Crippen LogP contribution in [0.5, 0.6) is 0 Å². The minimum atomic E-state index is -0.183. The summed E-state index contributed by atoms with van der Waals surface area (Å²) in [5.41, 5.74) is 7.15. The fourth-order valence-corrected chi connectivity index (χ4v) is 3.01. The highest BCUT2D eigenvalue weighted by Crippen LogP contribution is 2.26. The van der Waals surface area contributed by atoms with Gasteiger partial charge < -0.3 is 10.6 Å². The molecule has 2 atom stereocenters. The van der Waals surface area contributed by atoms with Gasteiger partial charge in [-0.3, -0.25) is 4.90 Å². The van der Waals surface area contributed by atoms with Crippen molar-refractivity contribution in [3.05, 3.63) is 35.6 Å². The average molecular weight is 279 g/mol. The Morgan fingerprint density at radius 3 is 2.50 bits per heavy atom. The van der Waals surface area contributed by atoms with Crippen molar-refractivity contribution in [3.63, 3.8) is 0 Å². The van der Waals surface area contributed by atoms with Crippen LogP contribution in [0.4, 0.5) is 4.39 Å². The van der Waals surface area contributed by atoms with Crippen LogP contribution < -0.4 is 5.73 Å². The summed E-state index contributed by atoms with van der Waals surface area (Å²) in [7, 11) is 4.27. The van der Waals surface area contributed by atoms with Gasteiger partial charge in [0.25, 0.3) is 0 Å². The first-order valence-corrected chi connectivity index (χ1v) is 7.30. The second-order valence-corrected chi connectivity index (χ2v) is 6.36. The van der Waals surface area contributed by atoms with Crippen LogP contribution in [0.1, 0.15) is 18.9 Å². The molecule has 1 aliphatic rings. The van der Waals surface area contributed by atoms with Gasteiger partial charge in [0.2, 0.25) is 0 Å². The van der Waals surface area contributed by atoms with Gasteiger partial charge in [-0.15, -0.1) is 0 Å². The van der Waals surface area contributed by atoms with Gasteiger partial charge in [-0.2, -0.15) is 0 Å². The summed E-state index contributed by atoms with van der Waals surface area (Å²) >= 11 is 0. The van der Waals surface area contributed by atoms with Crippen LogP contribution >= 0.6 is 0 Å². The lowest BCUT2D eigenvalue weighted by atomic mass is 9.91. The Morgan fingerprint density at radius 2 is 2.00 bits per heavy atom. The third-order valence-electron chi connectivity index (χ3n) is 4.60. The summed E-state index contributed by atoms with van der Waals surface area (Å²) in [6.45, 7) is 4.97. The Bertz CT molecular complexity index is 432. The molecule has 112 valence electrons. The summed E-state index contributed by atoms with van der Waals surface area (Å²) in [6.07, 6.45) is 2.05. The number of rotatable bonds is 5. The third kappa shape index (κ3) is 3.37. The standard InChI is InChI=1S/C16H26FN3/c1-16(12-18,10-13-4-6-14(17)7-5-13)20-9-8-15(11-20)19(2)3/h4-7,15H,8-12,18H2,1-3H3. The maximum absolute atomic E-state index is 13.0. The van der Waals surface area contributed by atoms with Crippen molar-refractivity contribution < 1.29 is 4.39 Å². The molecule has 0 spiro atoms. The minimum absolute atomic E-state index is 0.0530. The first kappa shape index (κ1) is 15.4. The van der Waals surface area contributed by atoms with E-state index < -0.39 is 0 Å². The van der Waals surface area contributed by atoms with Gasteiger partial charge in [-0.25, -0.2) is 4.39 Å². The molecule has 0 radical (unpaired) electrons. The van der Waals surface area contributed by atoms with E-state index in [4.69, 9.17) is 5.73 Å². The Balaban J connectivity index is 2.07. The maximum atomic E-state index is 13.0. The molecular weight excluding hydrogens is 253 g/mol. The van der Waals surface area contributed by atoms with E-state index in [9.17, 15) is 4.39 Å². The summed E-state index contributed by atoms with van der Waals surface area (Å²) < 4.78 is 13.0. The second kappa shape index (κ2) is 6.20. The van der Waals surface area contributed by atoms with E-state index in [1.165, 1.54) is 18.6 Å². The molecule has 1 fully saturated rings. The van der Waals surface area contributed by atoms with E-state index >= 15 is 0 Å². The number of hydrogen-bond donors (Lipinski definition) is 1. The van der Waals surface area contributed by atoms with Crippen LogP contribution in [0.2, 0.25) is 0 Å².